The summed E-state index contributed by atoms with van der Waals surface area (Å²) in [5, 5.41) is 0. The Morgan fingerprint density at radius 2 is 1.65 bits per heavy atom. The van der Waals surface area contributed by atoms with Crippen LogP contribution in [0.3, 0.4) is 0 Å². The van der Waals surface area contributed by atoms with Gasteiger partial charge in [-0.1, -0.05) is 12.1 Å². The summed E-state index contributed by atoms with van der Waals surface area (Å²) in [5.74, 6) is 0. The third kappa shape index (κ3) is 6.97. The first-order chi connectivity index (χ1) is 7.97. The van der Waals surface area contributed by atoms with Crippen LogP contribution in [0, 0.1) is 0 Å². The summed E-state index contributed by atoms with van der Waals surface area (Å²) in [6.45, 7) is 8.14. The van der Waals surface area contributed by atoms with Crippen LogP contribution in [-0.2, 0) is 15.9 Å². The minimum absolute atomic E-state index is 0.0830. The van der Waals surface area contributed by atoms with E-state index in [1.54, 1.807) is 0 Å². The second-order valence-electron chi connectivity index (χ2n) is 5.06. The molecule has 0 amide bonds. The normalized spacial score (nSPS) is 11.7. The lowest BCUT2D eigenvalue weighted by Crippen LogP contribution is -2.22. The molecule has 1 aromatic rings. The Morgan fingerprint density at radius 1 is 1.00 bits per heavy atom. The predicted octanol–water partition coefficient (Wildman–Crippen LogP) is 2.64. The van der Waals surface area contributed by atoms with E-state index in [1.165, 1.54) is 5.56 Å². The molecule has 2 N–H and O–H groups in total. The van der Waals surface area contributed by atoms with Gasteiger partial charge in [-0.05, 0) is 44.9 Å². The van der Waals surface area contributed by atoms with Crippen LogP contribution in [0.1, 0.15) is 26.3 Å². The summed E-state index contributed by atoms with van der Waals surface area (Å²) in [6.07, 6.45) is 0.912. The molecule has 0 heterocycles. The molecule has 0 aromatic heterocycles. The van der Waals surface area contributed by atoms with Crippen LogP contribution in [0.4, 0.5) is 5.69 Å². The highest BCUT2D eigenvalue weighted by Crippen LogP contribution is 2.07. The molecular weight excluding hydrogens is 214 g/mol. The van der Waals surface area contributed by atoms with E-state index in [0.717, 1.165) is 18.7 Å². The number of benzene rings is 1. The van der Waals surface area contributed by atoms with Crippen LogP contribution in [0.2, 0.25) is 0 Å². The van der Waals surface area contributed by atoms with Crippen LogP contribution >= 0.6 is 0 Å². The van der Waals surface area contributed by atoms with E-state index in [-0.39, 0.29) is 5.60 Å². The van der Waals surface area contributed by atoms with Gasteiger partial charge in [-0.2, -0.15) is 0 Å². The number of ether oxygens (including phenoxy) is 2. The van der Waals surface area contributed by atoms with Crippen molar-refractivity contribution in [2.75, 3.05) is 25.6 Å². The molecule has 0 aliphatic rings. The number of rotatable bonds is 6. The molecule has 0 atom stereocenters. The molecule has 0 unspecified atom stereocenters. The second-order valence-corrected chi connectivity index (χ2v) is 5.06. The van der Waals surface area contributed by atoms with Crippen molar-refractivity contribution in [1.82, 2.24) is 0 Å². The fourth-order valence-corrected chi connectivity index (χ4v) is 1.38. The van der Waals surface area contributed by atoms with E-state index < -0.39 is 0 Å². The van der Waals surface area contributed by atoms with Crippen LogP contribution in [0.15, 0.2) is 24.3 Å². The quantitative estimate of drug-likeness (QED) is 0.611. The fourth-order valence-electron chi connectivity index (χ4n) is 1.38. The SMILES string of the molecule is CC(C)(C)OCCOCCc1ccc(N)cc1. The van der Waals surface area contributed by atoms with Gasteiger partial charge in [0.2, 0.25) is 0 Å². The molecule has 0 radical (unpaired) electrons. The topological polar surface area (TPSA) is 44.5 Å². The van der Waals surface area contributed by atoms with Gasteiger partial charge in [-0.25, -0.2) is 0 Å². The van der Waals surface area contributed by atoms with E-state index in [1.807, 2.05) is 45.0 Å². The van der Waals surface area contributed by atoms with Crippen LogP contribution in [0.5, 0.6) is 0 Å². The first-order valence-electron chi connectivity index (χ1n) is 6.03. The largest absolute Gasteiger partial charge is 0.399 e. The van der Waals surface area contributed by atoms with Crippen molar-refractivity contribution in [3.63, 3.8) is 0 Å². The molecule has 0 aliphatic heterocycles. The van der Waals surface area contributed by atoms with Gasteiger partial charge in [-0.3, -0.25) is 0 Å². The third-order valence-electron chi connectivity index (χ3n) is 2.28. The Hall–Kier alpha value is -1.06. The molecule has 0 saturated carbocycles. The Kier molecular flexibility index (Phi) is 5.45. The van der Waals surface area contributed by atoms with Gasteiger partial charge in [0.15, 0.2) is 0 Å². The summed E-state index contributed by atoms with van der Waals surface area (Å²) in [4.78, 5) is 0. The zero-order chi connectivity index (χ0) is 12.7. The molecule has 0 saturated heterocycles. The first kappa shape index (κ1) is 14.0. The van der Waals surface area contributed by atoms with Crippen molar-refractivity contribution < 1.29 is 9.47 Å². The van der Waals surface area contributed by atoms with Crippen LogP contribution in [0.25, 0.3) is 0 Å². The van der Waals surface area contributed by atoms with Gasteiger partial charge in [0.25, 0.3) is 0 Å². The molecular formula is C14H23NO2. The molecule has 0 fully saturated rings. The molecule has 0 spiro atoms. The molecule has 0 aliphatic carbocycles. The maximum absolute atomic E-state index is 5.61. The standard InChI is InChI=1S/C14H23NO2/c1-14(2,3)17-11-10-16-9-8-12-4-6-13(15)7-5-12/h4-7H,8-11,15H2,1-3H3. The maximum Gasteiger partial charge on any atom is 0.0707 e. The minimum atomic E-state index is -0.0830. The lowest BCUT2D eigenvalue weighted by Gasteiger charge is -2.19. The molecule has 3 heteroatoms. The zero-order valence-electron chi connectivity index (χ0n) is 11.0. The van der Waals surface area contributed by atoms with Crippen molar-refractivity contribution in [2.24, 2.45) is 0 Å². The van der Waals surface area contributed by atoms with Crippen molar-refractivity contribution in [3.8, 4) is 0 Å². The maximum atomic E-state index is 5.61. The first-order valence-corrected chi connectivity index (χ1v) is 6.03. The Labute approximate surface area is 104 Å². The molecule has 0 bridgehead atoms. The molecule has 3 nitrogen and oxygen atoms in total. The van der Waals surface area contributed by atoms with Gasteiger partial charge < -0.3 is 15.2 Å². The van der Waals surface area contributed by atoms with Gasteiger partial charge >= 0.3 is 0 Å². The number of nitrogens with two attached hydrogens (primary N) is 1. The number of hydrogen-bond donors (Lipinski definition) is 1. The van der Waals surface area contributed by atoms with E-state index in [0.29, 0.717) is 13.2 Å². The number of nitrogen functional groups attached to an aromatic ring is 1. The van der Waals surface area contributed by atoms with Crippen molar-refractivity contribution in [3.05, 3.63) is 29.8 Å². The zero-order valence-corrected chi connectivity index (χ0v) is 11.0. The summed E-state index contributed by atoms with van der Waals surface area (Å²) in [7, 11) is 0. The summed E-state index contributed by atoms with van der Waals surface area (Å²) in [5.41, 5.74) is 7.58. The number of hydrogen-bond acceptors (Lipinski definition) is 3. The Balaban J connectivity index is 2.07. The second kappa shape index (κ2) is 6.62. The molecule has 1 aromatic carbocycles. The van der Waals surface area contributed by atoms with E-state index in [4.69, 9.17) is 15.2 Å². The average Bonchev–Trinajstić information content (AvgIpc) is 2.24. The van der Waals surface area contributed by atoms with Crippen LogP contribution in [-0.4, -0.2) is 25.4 Å². The van der Waals surface area contributed by atoms with Crippen molar-refractivity contribution in [1.29, 1.82) is 0 Å². The van der Waals surface area contributed by atoms with Crippen molar-refractivity contribution in [2.45, 2.75) is 32.8 Å². The van der Waals surface area contributed by atoms with Gasteiger partial charge in [-0.15, -0.1) is 0 Å². The third-order valence-corrected chi connectivity index (χ3v) is 2.28. The average molecular weight is 237 g/mol. The molecule has 17 heavy (non-hydrogen) atoms. The minimum Gasteiger partial charge on any atom is -0.399 e. The lowest BCUT2D eigenvalue weighted by atomic mass is 10.1. The van der Waals surface area contributed by atoms with Crippen LogP contribution < -0.4 is 5.73 Å². The summed E-state index contributed by atoms with van der Waals surface area (Å²) in [6, 6.07) is 7.89. The Bertz CT molecular complexity index is 314. The highest BCUT2D eigenvalue weighted by molar-refractivity contribution is 5.39. The van der Waals surface area contributed by atoms with Crippen molar-refractivity contribution >= 4 is 5.69 Å². The Morgan fingerprint density at radius 3 is 2.24 bits per heavy atom. The van der Waals surface area contributed by atoms with E-state index in [2.05, 4.69) is 0 Å². The monoisotopic (exact) mass is 237 g/mol. The highest BCUT2D eigenvalue weighted by atomic mass is 16.5. The lowest BCUT2D eigenvalue weighted by molar-refractivity contribution is -0.0344. The van der Waals surface area contributed by atoms with Gasteiger partial charge in [0.05, 0.1) is 25.4 Å². The fraction of sp³-hybridized carbons (Fsp3) is 0.571. The summed E-state index contributed by atoms with van der Waals surface area (Å²) >= 11 is 0. The molecule has 96 valence electrons. The van der Waals surface area contributed by atoms with E-state index in [9.17, 15) is 0 Å². The molecule has 1 rings (SSSR count). The van der Waals surface area contributed by atoms with Gasteiger partial charge in [0.1, 0.15) is 0 Å². The van der Waals surface area contributed by atoms with Gasteiger partial charge in [0, 0.05) is 5.69 Å². The predicted molar refractivity (Wildman–Crippen MR) is 71.1 cm³/mol. The number of anilines is 1. The van der Waals surface area contributed by atoms with E-state index >= 15 is 0 Å². The highest BCUT2D eigenvalue weighted by Gasteiger charge is 2.08. The summed E-state index contributed by atoms with van der Waals surface area (Å²) < 4.78 is 11.1. The smallest absolute Gasteiger partial charge is 0.0707 e.